The topological polar surface area (TPSA) is 46.9 Å². The van der Waals surface area contributed by atoms with Gasteiger partial charge in [-0.05, 0) is 67.8 Å². The van der Waals surface area contributed by atoms with Crippen LogP contribution in [0, 0.1) is 5.82 Å². The van der Waals surface area contributed by atoms with E-state index in [1.165, 1.54) is 12.1 Å². The van der Waals surface area contributed by atoms with Gasteiger partial charge < -0.3 is 5.32 Å². The quantitative estimate of drug-likeness (QED) is 0.452. The lowest BCUT2D eigenvalue weighted by molar-refractivity contribution is -0.116. The van der Waals surface area contributed by atoms with Crippen LogP contribution in [0.3, 0.4) is 0 Å². The first-order valence-corrected chi connectivity index (χ1v) is 10.5. The minimum atomic E-state index is -0.230. The van der Waals surface area contributed by atoms with E-state index in [2.05, 4.69) is 5.32 Å². The van der Waals surface area contributed by atoms with Gasteiger partial charge in [0.25, 0.3) is 0 Å². The standard InChI is InChI=1S/C22H22FN3OS/c23-16-11-13-18(14-12-16)28-15-5-10-21(27)24-22-19-8-4-9-20(19)25-26(22)17-6-2-1-3-7-17/h1-3,6-7,11-14H,4-5,8-10,15H2,(H,24,27). The van der Waals surface area contributed by atoms with E-state index in [-0.39, 0.29) is 11.7 Å². The highest BCUT2D eigenvalue weighted by Crippen LogP contribution is 2.31. The van der Waals surface area contributed by atoms with E-state index in [1.54, 1.807) is 23.9 Å². The van der Waals surface area contributed by atoms with Crippen LogP contribution in [0.1, 0.15) is 30.5 Å². The lowest BCUT2D eigenvalue weighted by Gasteiger charge is -2.11. The number of carbonyl (C=O) groups is 1. The molecule has 0 spiro atoms. The number of thioether (sulfide) groups is 1. The third-order valence-corrected chi connectivity index (χ3v) is 5.89. The van der Waals surface area contributed by atoms with Crippen LogP contribution in [0.4, 0.5) is 10.2 Å². The molecule has 3 aromatic rings. The van der Waals surface area contributed by atoms with Crippen LogP contribution in [-0.2, 0) is 17.6 Å². The Morgan fingerprint density at radius 3 is 2.68 bits per heavy atom. The van der Waals surface area contributed by atoms with Crippen LogP contribution in [0.25, 0.3) is 5.69 Å². The fourth-order valence-corrected chi connectivity index (χ4v) is 4.28. The summed E-state index contributed by atoms with van der Waals surface area (Å²) in [6.45, 7) is 0. The molecular weight excluding hydrogens is 373 g/mol. The zero-order chi connectivity index (χ0) is 19.3. The van der Waals surface area contributed by atoms with Crippen molar-refractivity contribution in [3.63, 3.8) is 0 Å². The Morgan fingerprint density at radius 1 is 1.11 bits per heavy atom. The number of anilines is 1. The fraction of sp³-hybridized carbons (Fsp3) is 0.273. The van der Waals surface area contributed by atoms with Crippen molar-refractivity contribution in [3.8, 4) is 5.69 Å². The van der Waals surface area contributed by atoms with E-state index in [4.69, 9.17) is 5.10 Å². The third-order valence-electron chi connectivity index (χ3n) is 4.80. The van der Waals surface area contributed by atoms with Crippen molar-refractivity contribution in [2.24, 2.45) is 0 Å². The van der Waals surface area contributed by atoms with Crippen molar-refractivity contribution < 1.29 is 9.18 Å². The molecule has 0 atom stereocenters. The lowest BCUT2D eigenvalue weighted by Crippen LogP contribution is -2.16. The summed E-state index contributed by atoms with van der Waals surface area (Å²) in [5, 5.41) is 7.82. The molecule has 0 unspecified atom stereocenters. The molecule has 6 heteroatoms. The van der Waals surface area contributed by atoms with Gasteiger partial charge in [-0.1, -0.05) is 18.2 Å². The molecule has 4 rings (SSSR count). The zero-order valence-corrected chi connectivity index (χ0v) is 16.3. The monoisotopic (exact) mass is 395 g/mol. The molecule has 144 valence electrons. The number of nitrogens with one attached hydrogen (secondary N) is 1. The summed E-state index contributed by atoms with van der Waals surface area (Å²) in [6, 6.07) is 16.4. The molecule has 1 aliphatic rings. The molecule has 2 aromatic carbocycles. The van der Waals surface area contributed by atoms with Gasteiger partial charge in [-0.3, -0.25) is 4.79 Å². The highest BCUT2D eigenvalue weighted by atomic mass is 32.2. The lowest BCUT2D eigenvalue weighted by atomic mass is 10.2. The Kier molecular flexibility index (Phi) is 5.76. The van der Waals surface area contributed by atoms with Crippen LogP contribution in [0.5, 0.6) is 0 Å². The number of hydrogen-bond acceptors (Lipinski definition) is 3. The van der Waals surface area contributed by atoms with Crippen LogP contribution >= 0.6 is 11.8 Å². The van der Waals surface area contributed by atoms with Crippen LogP contribution in [0.2, 0.25) is 0 Å². The summed E-state index contributed by atoms with van der Waals surface area (Å²) in [7, 11) is 0. The van der Waals surface area contributed by atoms with Crippen molar-refractivity contribution in [1.82, 2.24) is 9.78 Å². The average Bonchev–Trinajstić information content (AvgIpc) is 3.30. The van der Waals surface area contributed by atoms with Gasteiger partial charge >= 0.3 is 0 Å². The largest absolute Gasteiger partial charge is 0.310 e. The summed E-state index contributed by atoms with van der Waals surface area (Å²) >= 11 is 1.63. The number of halogens is 1. The molecule has 0 saturated carbocycles. The summed E-state index contributed by atoms with van der Waals surface area (Å²) in [4.78, 5) is 13.6. The Morgan fingerprint density at radius 2 is 1.89 bits per heavy atom. The molecule has 4 nitrogen and oxygen atoms in total. The number of para-hydroxylation sites is 1. The van der Waals surface area contributed by atoms with Gasteiger partial charge in [0.2, 0.25) is 5.91 Å². The zero-order valence-electron chi connectivity index (χ0n) is 15.5. The van der Waals surface area contributed by atoms with E-state index >= 15 is 0 Å². The molecule has 0 bridgehead atoms. The smallest absolute Gasteiger partial charge is 0.225 e. The van der Waals surface area contributed by atoms with Crippen molar-refractivity contribution >= 4 is 23.5 Å². The molecular formula is C22H22FN3OS. The fourth-order valence-electron chi connectivity index (χ4n) is 3.42. The minimum Gasteiger partial charge on any atom is -0.310 e. The maximum absolute atomic E-state index is 12.9. The maximum Gasteiger partial charge on any atom is 0.225 e. The van der Waals surface area contributed by atoms with Crippen molar-refractivity contribution in [2.75, 3.05) is 11.1 Å². The number of amides is 1. The minimum absolute atomic E-state index is 0.00601. The average molecular weight is 396 g/mol. The van der Waals surface area contributed by atoms with Gasteiger partial charge in [-0.2, -0.15) is 5.10 Å². The molecule has 1 N–H and O–H groups in total. The number of carbonyl (C=O) groups excluding carboxylic acids is 1. The van der Waals surface area contributed by atoms with Crippen molar-refractivity contribution in [1.29, 1.82) is 0 Å². The highest BCUT2D eigenvalue weighted by molar-refractivity contribution is 7.99. The number of nitrogens with zero attached hydrogens (tertiary/aromatic N) is 2. The van der Waals surface area contributed by atoms with Gasteiger partial charge in [-0.15, -0.1) is 11.8 Å². The van der Waals surface area contributed by atoms with Gasteiger partial charge in [0.15, 0.2) is 0 Å². The number of aryl methyl sites for hydroxylation is 1. The van der Waals surface area contributed by atoms with Crippen LogP contribution in [-0.4, -0.2) is 21.4 Å². The molecule has 0 radical (unpaired) electrons. The summed E-state index contributed by atoms with van der Waals surface area (Å²) < 4.78 is 14.8. The Bertz CT molecular complexity index is 954. The second-order valence-electron chi connectivity index (χ2n) is 6.83. The molecule has 0 saturated heterocycles. The summed E-state index contributed by atoms with van der Waals surface area (Å²) in [6.07, 6.45) is 4.22. The third kappa shape index (κ3) is 4.28. The van der Waals surface area contributed by atoms with Crippen LogP contribution < -0.4 is 5.32 Å². The molecule has 28 heavy (non-hydrogen) atoms. The molecule has 1 aromatic heterocycles. The van der Waals surface area contributed by atoms with E-state index in [9.17, 15) is 9.18 Å². The SMILES string of the molecule is O=C(CCCSc1ccc(F)cc1)Nc1c2c(nn1-c1ccccc1)CCC2. The number of aromatic nitrogens is 2. The van der Waals surface area contributed by atoms with E-state index in [0.29, 0.717) is 6.42 Å². The van der Waals surface area contributed by atoms with Gasteiger partial charge in [0.05, 0.1) is 11.4 Å². The summed E-state index contributed by atoms with van der Waals surface area (Å²) in [5.74, 6) is 1.41. The molecule has 1 heterocycles. The number of benzene rings is 2. The number of fused-ring (bicyclic) bond motifs is 1. The molecule has 0 aliphatic heterocycles. The van der Waals surface area contributed by atoms with E-state index in [1.807, 2.05) is 35.0 Å². The molecule has 0 fully saturated rings. The maximum atomic E-state index is 12.9. The van der Waals surface area contributed by atoms with Gasteiger partial charge in [-0.25, -0.2) is 9.07 Å². The highest BCUT2D eigenvalue weighted by Gasteiger charge is 2.24. The van der Waals surface area contributed by atoms with Gasteiger partial charge in [0.1, 0.15) is 11.6 Å². The molecule has 1 amide bonds. The molecule has 1 aliphatic carbocycles. The second kappa shape index (κ2) is 8.61. The predicted octanol–water partition coefficient (Wildman–Crippen LogP) is 5.01. The normalized spacial score (nSPS) is 12.8. The first-order chi connectivity index (χ1) is 13.7. The van der Waals surface area contributed by atoms with E-state index < -0.39 is 0 Å². The first kappa shape index (κ1) is 18.7. The Hall–Kier alpha value is -2.60. The van der Waals surface area contributed by atoms with Crippen molar-refractivity contribution in [3.05, 3.63) is 71.7 Å². The van der Waals surface area contributed by atoms with Crippen LogP contribution in [0.15, 0.2) is 59.5 Å². The number of hydrogen-bond donors (Lipinski definition) is 1. The van der Waals surface area contributed by atoms with E-state index in [0.717, 1.165) is 59.1 Å². The number of rotatable bonds is 7. The summed E-state index contributed by atoms with van der Waals surface area (Å²) in [5.41, 5.74) is 3.21. The van der Waals surface area contributed by atoms with Crippen molar-refractivity contribution in [2.45, 2.75) is 37.0 Å². The first-order valence-electron chi connectivity index (χ1n) is 9.55. The Balaban J connectivity index is 1.37. The predicted molar refractivity (Wildman–Crippen MR) is 111 cm³/mol. The van der Waals surface area contributed by atoms with Gasteiger partial charge in [0, 0.05) is 16.9 Å². The second-order valence-corrected chi connectivity index (χ2v) is 8.00. The Labute approximate surface area is 168 Å².